The number of hydrogen-bond donors (Lipinski definition) is 1. The third-order valence-electron chi connectivity index (χ3n) is 10.5. The van der Waals surface area contributed by atoms with E-state index in [-0.39, 0.29) is 36.0 Å². The second-order valence-corrected chi connectivity index (χ2v) is 18.2. The predicted octanol–water partition coefficient (Wildman–Crippen LogP) is 6.50. The Morgan fingerprint density at radius 3 is 2.27 bits per heavy atom. The third-order valence-corrected chi connectivity index (χ3v) is 14.9. The monoisotopic (exact) mass is 659 g/mol. The molecule has 8 nitrogen and oxygen atoms in total. The maximum absolute atomic E-state index is 15.1. The van der Waals surface area contributed by atoms with Gasteiger partial charge in [0.25, 0.3) is 5.91 Å². The first-order valence-corrected chi connectivity index (χ1v) is 19.7. The molecular weight excluding hydrogens is 619 g/mol. The molecule has 4 atom stereocenters. The smallest absolute Gasteiger partial charge is 0.268 e. The quantitative estimate of drug-likeness (QED) is 0.218. The number of hydrazone groups is 1. The molecule has 0 saturated carbocycles. The number of ether oxygens (including phenoxy) is 2. The van der Waals surface area contributed by atoms with Crippen LogP contribution in [-0.2, 0) is 19.9 Å². The summed E-state index contributed by atoms with van der Waals surface area (Å²) in [5.41, 5.74) is 3.28. The van der Waals surface area contributed by atoms with Gasteiger partial charge in [-0.3, -0.25) is 14.5 Å². The zero-order chi connectivity index (χ0) is 33.6. The number of fused-ring (bicyclic) bond motifs is 2. The van der Waals surface area contributed by atoms with Gasteiger partial charge in [0.15, 0.2) is 5.60 Å². The van der Waals surface area contributed by atoms with Crippen molar-refractivity contribution in [3.8, 4) is 5.75 Å². The zero-order valence-corrected chi connectivity index (χ0v) is 28.8. The number of rotatable bonds is 8. The molecular formula is C39H41N3O5Si. The van der Waals surface area contributed by atoms with Crippen molar-refractivity contribution in [1.82, 2.24) is 0 Å². The molecule has 3 heterocycles. The summed E-state index contributed by atoms with van der Waals surface area (Å²) in [6, 6.07) is 33.5. The molecule has 1 spiro atoms. The van der Waals surface area contributed by atoms with E-state index in [1.54, 1.807) is 12.0 Å². The molecule has 246 valence electrons. The summed E-state index contributed by atoms with van der Waals surface area (Å²) in [4.78, 5) is 30.2. The number of para-hydroxylation sites is 1. The minimum absolute atomic E-state index is 0.00597. The maximum atomic E-state index is 15.1. The number of aliphatic hydroxyl groups excluding tert-OH is 1. The second-order valence-electron chi connectivity index (χ2n) is 13.5. The Morgan fingerprint density at radius 1 is 0.917 bits per heavy atom. The van der Waals surface area contributed by atoms with E-state index in [2.05, 4.69) is 32.2 Å². The molecule has 2 amide bonds. The minimum Gasteiger partial charge on any atom is -0.497 e. The summed E-state index contributed by atoms with van der Waals surface area (Å²) in [6.45, 7) is 6.71. The van der Waals surface area contributed by atoms with E-state index in [1.807, 2.05) is 91.0 Å². The van der Waals surface area contributed by atoms with Crippen LogP contribution in [-0.4, -0.2) is 50.5 Å². The molecule has 3 aliphatic heterocycles. The number of carbonyl (C=O) groups is 2. The summed E-state index contributed by atoms with van der Waals surface area (Å²) in [5, 5.41) is 17.8. The average Bonchev–Trinajstić information content (AvgIpc) is 3.55. The molecule has 0 radical (unpaired) electrons. The van der Waals surface area contributed by atoms with Gasteiger partial charge in [0.1, 0.15) is 5.75 Å². The standard InChI is InChI=1S/C39H41N3O5Si/c1-26-37(48(3,4)31-18-16-30(46-2)17-19-31)35(23-24-43)47-39(26)32-25-29(15-21-34(32)41(38(39)45)28-13-9-6-10-14-28)42-36(44)22-20-33(40-42)27-11-7-5-8-12-27/h5-19,21,25-26,35,37,43H,20,22-24H2,1-4H3/t26-,35+,37-,39+/m1/s1. The first-order valence-electron chi connectivity index (χ1n) is 16.6. The lowest BCUT2D eigenvalue weighted by Crippen LogP contribution is -2.51. The fourth-order valence-corrected chi connectivity index (χ4v) is 12.2. The van der Waals surface area contributed by atoms with E-state index >= 15 is 4.79 Å². The van der Waals surface area contributed by atoms with Gasteiger partial charge in [0.2, 0.25) is 5.91 Å². The molecule has 4 aromatic carbocycles. The van der Waals surface area contributed by atoms with Crippen LogP contribution in [0.3, 0.4) is 0 Å². The third kappa shape index (κ3) is 5.08. The maximum Gasteiger partial charge on any atom is 0.268 e. The van der Waals surface area contributed by atoms with Crippen molar-refractivity contribution < 1.29 is 24.2 Å². The van der Waals surface area contributed by atoms with Crippen LogP contribution in [0, 0.1) is 5.92 Å². The molecule has 9 heteroatoms. The number of carbonyl (C=O) groups excluding carboxylic acids is 2. The molecule has 1 N–H and O–H groups in total. The molecule has 0 aliphatic carbocycles. The Kier molecular flexibility index (Phi) is 8.31. The molecule has 1 saturated heterocycles. The first-order chi connectivity index (χ1) is 23.2. The SMILES string of the molecule is COc1ccc([Si](C)(C)[C@H]2[C@H](CCO)O[C@@]3(C(=O)N(c4ccccc4)c4ccc(N5N=C(c6ccccc6)CCC5=O)cc43)[C@@H]2C)cc1. The van der Waals surface area contributed by atoms with Crippen LogP contribution >= 0.6 is 0 Å². The van der Waals surface area contributed by atoms with E-state index < -0.39 is 13.7 Å². The van der Waals surface area contributed by atoms with E-state index in [4.69, 9.17) is 14.6 Å². The number of amides is 2. The van der Waals surface area contributed by atoms with Crippen LogP contribution in [0.2, 0.25) is 18.6 Å². The fourth-order valence-electron chi connectivity index (χ4n) is 8.18. The largest absolute Gasteiger partial charge is 0.497 e. The summed E-state index contributed by atoms with van der Waals surface area (Å²) in [7, 11) is -0.684. The van der Waals surface area contributed by atoms with Crippen LogP contribution in [0.25, 0.3) is 0 Å². The number of hydrogen-bond acceptors (Lipinski definition) is 6. The Bertz CT molecular complexity index is 1860. The van der Waals surface area contributed by atoms with Gasteiger partial charge in [0.05, 0.1) is 38.4 Å². The minimum atomic E-state index is -2.34. The number of methoxy groups -OCH3 is 1. The number of benzene rings is 4. The Labute approximate surface area is 282 Å². The van der Waals surface area contributed by atoms with Gasteiger partial charge in [-0.1, -0.05) is 85.9 Å². The highest BCUT2D eigenvalue weighted by Gasteiger charge is 2.66. The highest BCUT2D eigenvalue weighted by molar-refractivity contribution is 6.91. The Hall–Kier alpha value is -4.57. The van der Waals surface area contributed by atoms with Gasteiger partial charge in [0, 0.05) is 36.6 Å². The second kappa shape index (κ2) is 12.5. The molecule has 0 aromatic heterocycles. The molecule has 0 bridgehead atoms. The summed E-state index contributed by atoms with van der Waals surface area (Å²) in [5.74, 6) is 0.293. The number of aliphatic hydroxyl groups is 1. The molecule has 48 heavy (non-hydrogen) atoms. The molecule has 4 aromatic rings. The van der Waals surface area contributed by atoms with Crippen molar-refractivity contribution in [3.63, 3.8) is 0 Å². The van der Waals surface area contributed by atoms with Crippen LogP contribution in [0.1, 0.15) is 37.3 Å². The lowest BCUT2D eigenvalue weighted by molar-refractivity contribution is -0.145. The molecule has 0 unspecified atom stereocenters. The molecule has 3 aliphatic rings. The van der Waals surface area contributed by atoms with Crippen LogP contribution in [0.15, 0.2) is 108 Å². The zero-order valence-electron chi connectivity index (χ0n) is 27.8. The topological polar surface area (TPSA) is 91.7 Å². The summed E-state index contributed by atoms with van der Waals surface area (Å²) < 4.78 is 12.5. The van der Waals surface area contributed by atoms with Gasteiger partial charge >= 0.3 is 0 Å². The van der Waals surface area contributed by atoms with E-state index in [1.165, 1.54) is 10.2 Å². The molecule has 1 fully saturated rings. The van der Waals surface area contributed by atoms with E-state index in [0.29, 0.717) is 24.9 Å². The molecule has 7 rings (SSSR count). The van der Waals surface area contributed by atoms with Gasteiger partial charge in [-0.2, -0.15) is 5.10 Å². The Balaban J connectivity index is 1.38. The summed E-state index contributed by atoms with van der Waals surface area (Å²) >= 11 is 0. The van der Waals surface area contributed by atoms with Gasteiger partial charge in [-0.25, -0.2) is 5.01 Å². The van der Waals surface area contributed by atoms with Gasteiger partial charge in [-0.15, -0.1) is 0 Å². The number of nitrogens with zero attached hydrogens (tertiary/aromatic N) is 3. The first kappa shape index (κ1) is 32.0. The lowest BCUT2D eigenvalue weighted by Gasteiger charge is -2.37. The van der Waals surface area contributed by atoms with Crippen LogP contribution in [0.4, 0.5) is 17.1 Å². The van der Waals surface area contributed by atoms with E-state index in [0.717, 1.165) is 34.0 Å². The van der Waals surface area contributed by atoms with E-state index in [9.17, 15) is 9.90 Å². The highest BCUT2D eigenvalue weighted by Crippen LogP contribution is 2.61. The van der Waals surface area contributed by atoms with Crippen molar-refractivity contribution in [3.05, 3.63) is 114 Å². The Morgan fingerprint density at radius 2 is 1.60 bits per heavy atom. The fraction of sp³-hybridized carbons (Fsp3) is 0.308. The van der Waals surface area contributed by atoms with Crippen molar-refractivity contribution in [2.24, 2.45) is 11.0 Å². The predicted molar refractivity (Wildman–Crippen MR) is 191 cm³/mol. The number of anilines is 3. The van der Waals surface area contributed by atoms with Crippen molar-refractivity contribution >= 4 is 47.8 Å². The normalized spacial score (nSPS) is 23.9. The van der Waals surface area contributed by atoms with Gasteiger partial charge in [-0.05, 0) is 60.0 Å². The van der Waals surface area contributed by atoms with Crippen molar-refractivity contribution in [1.29, 1.82) is 0 Å². The van der Waals surface area contributed by atoms with Crippen molar-refractivity contribution in [2.75, 3.05) is 23.6 Å². The van der Waals surface area contributed by atoms with Crippen LogP contribution < -0.4 is 19.8 Å². The highest BCUT2D eigenvalue weighted by atomic mass is 28.3. The average molecular weight is 660 g/mol. The van der Waals surface area contributed by atoms with Crippen LogP contribution in [0.5, 0.6) is 5.75 Å². The van der Waals surface area contributed by atoms with Crippen molar-refractivity contribution in [2.45, 2.75) is 56.5 Å². The van der Waals surface area contributed by atoms with Gasteiger partial charge < -0.3 is 14.6 Å². The summed E-state index contributed by atoms with van der Waals surface area (Å²) in [6.07, 6.45) is 0.945. The lowest BCUT2D eigenvalue weighted by atomic mass is 9.82.